The minimum absolute atomic E-state index is 0.0519. The van der Waals surface area contributed by atoms with Crippen molar-refractivity contribution < 1.29 is 14.7 Å². The molecule has 2 rings (SSSR count). The number of anilines is 1. The first kappa shape index (κ1) is 14.5. The van der Waals surface area contributed by atoms with Crippen LogP contribution in [0, 0.1) is 5.92 Å². The number of aliphatic carboxylic acids is 1. The summed E-state index contributed by atoms with van der Waals surface area (Å²) in [6.45, 7) is 1.25. The monoisotopic (exact) mass is 276 g/mol. The van der Waals surface area contributed by atoms with Crippen LogP contribution >= 0.6 is 0 Å². The second kappa shape index (κ2) is 7.05. The topological polar surface area (TPSA) is 78.4 Å². The summed E-state index contributed by atoms with van der Waals surface area (Å²) in [6, 6.07) is 7.29. The van der Waals surface area contributed by atoms with Crippen LogP contribution in [0.4, 0.5) is 5.69 Å². The SMILES string of the molecule is O=C(O)CCc1ccc(NC(=O)CNCC2CC2)cc1. The Bertz CT molecular complexity index is 467. The van der Waals surface area contributed by atoms with Gasteiger partial charge in [-0.15, -0.1) is 0 Å². The third-order valence-corrected chi connectivity index (χ3v) is 3.28. The van der Waals surface area contributed by atoms with E-state index in [0.29, 0.717) is 13.0 Å². The van der Waals surface area contributed by atoms with Gasteiger partial charge in [-0.05, 0) is 49.4 Å². The second-order valence-electron chi connectivity index (χ2n) is 5.21. The Balaban J connectivity index is 1.71. The Morgan fingerprint density at radius 3 is 2.50 bits per heavy atom. The van der Waals surface area contributed by atoms with E-state index in [4.69, 9.17) is 5.11 Å². The van der Waals surface area contributed by atoms with Crippen molar-refractivity contribution in [2.75, 3.05) is 18.4 Å². The lowest BCUT2D eigenvalue weighted by atomic mass is 10.1. The van der Waals surface area contributed by atoms with Gasteiger partial charge in [0.1, 0.15) is 0 Å². The molecule has 0 radical (unpaired) electrons. The number of carboxylic acid groups (broad SMARTS) is 1. The summed E-state index contributed by atoms with van der Waals surface area (Å²) in [5.74, 6) is -0.0932. The molecule has 0 atom stereocenters. The van der Waals surface area contributed by atoms with Crippen LogP contribution in [-0.4, -0.2) is 30.1 Å². The molecule has 0 saturated heterocycles. The quantitative estimate of drug-likeness (QED) is 0.674. The van der Waals surface area contributed by atoms with E-state index in [0.717, 1.165) is 23.7 Å². The summed E-state index contributed by atoms with van der Waals surface area (Å²) in [5.41, 5.74) is 1.69. The number of carbonyl (C=O) groups is 2. The number of hydrogen-bond donors (Lipinski definition) is 3. The van der Waals surface area contributed by atoms with Crippen molar-refractivity contribution in [2.45, 2.75) is 25.7 Å². The smallest absolute Gasteiger partial charge is 0.303 e. The predicted octanol–water partition coefficient (Wildman–Crippen LogP) is 1.64. The molecule has 1 aliphatic carbocycles. The average Bonchev–Trinajstić information content (AvgIpc) is 3.22. The lowest BCUT2D eigenvalue weighted by Crippen LogP contribution is -2.29. The molecule has 1 aliphatic rings. The molecule has 0 aromatic heterocycles. The molecule has 0 spiro atoms. The normalized spacial score (nSPS) is 14.0. The van der Waals surface area contributed by atoms with Gasteiger partial charge in [0, 0.05) is 12.1 Å². The van der Waals surface area contributed by atoms with E-state index in [9.17, 15) is 9.59 Å². The van der Waals surface area contributed by atoms with E-state index in [1.165, 1.54) is 12.8 Å². The number of rotatable bonds is 8. The fourth-order valence-electron chi connectivity index (χ4n) is 1.92. The zero-order chi connectivity index (χ0) is 14.4. The first-order valence-corrected chi connectivity index (χ1v) is 6.95. The molecule has 5 nitrogen and oxygen atoms in total. The molecule has 1 saturated carbocycles. The van der Waals surface area contributed by atoms with Gasteiger partial charge in [-0.2, -0.15) is 0 Å². The highest BCUT2D eigenvalue weighted by atomic mass is 16.4. The van der Waals surface area contributed by atoms with Crippen molar-refractivity contribution in [2.24, 2.45) is 5.92 Å². The van der Waals surface area contributed by atoms with Gasteiger partial charge in [0.05, 0.1) is 6.54 Å². The van der Waals surface area contributed by atoms with Crippen LogP contribution in [0.25, 0.3) is 0 Å². The van der Waals surface area contributed by atoms with Crippen LogP contribution in [-0.2, 0) is 16.0 Å². The van der Waals surface area contributed by atoms with Crippen LogP contribution in [0.5, 0.6) is 0 Å². The summed E-state index contributed by atoms with van der Waals surface area (Å²) >= 11 is 0. The Labute approximate surface area is 118 Å². The van der Waals surface area contributed by atoms with Crippen molar-refractivity contribution in [3.63, 3.8) is 0 Å². The molecule has 0 heterocycles. The van der Waals surface area contributed by atoms with Crippen LogP contribution < -0.4 is 10.6 Å². The molecule has 0 bridgehead atoms. The molecule has 1 aromatic rings. The predicted molar refractivity (Wildman–Crippen MR) is 76.6 cm³/mol. The molecular formula is C15H20N2O3. The van der Waals surface area contributed by atoms with Gasteiger partial charge in [0.2, 0.25) is 5.91 Å². The third-order valence-electron chi connectivity index (χ3n) is 3.28. The minimum atomic E-state index is -0.802. The van der Waals surface area contributed by atoms with Crippen LogP contribution in [0.15, 0.2) is 24.3 Å². The maximum Gasteiger partial charge on any atom is 0.303 e. The average molecular weight is 276 g/mol. The molecule has 20 heavy (non-hydrogen) atoms. The highest BCUT2D eigenvalue weighted by Gasteiger charge is 2.20. The Morgan fingerprint density at radius 2 is 1.90 bits per heavy atom. The van der Waals surface area contributed by atoms with Crippen molar-refractivity contribution >= 4 is 17.6 Å². The number of carboxylic acids is 1. The molecule has 1 fully saturated rings. The zero-order valence-electron chi connectivity index (χ0n) is 11.4. The standard InChI is InChI=1S/C15H20N2O3/c18-14(10-16-9-12-1-2-12)17-13-6-3-11(4-7-13)5-8-15(19)20/h3-4,6-7,12,16H,1-2,5,8-10H2,(H,17,18)(H,19,20). The number of aryl methyl sites for hydroxylation is 1. The number of amides is 1. The third kappa shape index (κ3) is 5.40. The maximum absolute atomic E-state index is 11.7. The first-order valence-electron chi connectivity index (χ1n) is 6.95. The molecule has 0 unspecified atom stereocenters. The maximum atomic E-state index is 11.7. The van der Waals surface area contributed by atoms with Gasteiger partial charge in [-0.25, -0.2) is 0 Å². The Morgan fingerprint density at radius 1 is 1.20 bits per heavy atom. The number of hydrogen-bond acceptors (Lipinski definition) is 3. The minimum Gasteiger partial charge on any atom is -0.481 e. The van der Waals surface area contributed by atoms with Crippen molar-refractivity contribution in [3.8, 4) is 0 Å². The number of benzene rings is 1. The second-order valence-corrected chi connectivity index (χ2v) is 5.21. The first-order chi connectivity index (χ1) is 9.63. The van der Waals surface area contributed by atoms with Gasteiger partial charge in [-0.3, -0.25) is 9.59 Å². The van der Waals surface area contributed by atoms with Gasteiger partial charge in [-0.1, -0.05) is 12.1 Å². The van der Waals surface area contributed by atoms with Gasteiger partial charge < -0.3 is 15.7 Å². The molecular weight excluding hydrogens is 256 g/mol. The highest BCUT2D eigenvalue weighted by Crippen LogP contribution is 2.27. The molecule has 1 amide bonds. The Hall–Kier alpha value is -1.88. The summed E-state index contributed by atoms with van der Waals surface area (Å²) < 4.78 is 0. The summed E-state index contributed by atoms with van der Waals surface area (Å²) in [7, 11) is 0. The van der Waals surface area contributed by atoms with E-state index in [1.54, 1.807) is 12.1 Å². The van der Waals surface area contributed by atoms with Crippen LogP contribution in [0.2, 0.25) is 0 Å². The van der Waals surface area contributed by atoms with Gasteiger partial charge in [0.25, 0.3) is 0 Å². The molecule has 5 heteroatoms. The van der Waals surface area contributed by atoms with Crippen molar-refractivity contribution in [1.29, 1.82) is 0 Å². The largest absolute Gasteiger partial charge is 0.481 e. The van der Waals surface area contributed by atoms with Crippen LogP contribution in [0.1, 0.15) is 24.8 Å². The zero-order valence-corrected chi connectivity index (χ0v) is 11.4. The van der Waals surface area contributed by atoms with E-state index in [2.05, 4.69) is 10.6 Å². The van der Waals surface area contributed by atoms with E-state index in [1.807, 2.05) is 12.1 Å². The molecule has 108 valence electrons. The Kier molecular flexibility index (Phi) is 5.12. The summed E-state index contributed by atoms with van der Waals surface area (Å²) in [5, 5.41) is 14.6. The number of carbonyl (C=O) groups excluding carboxylic acids is 1. The van der Waals surface area contributed by atoms with Gasteiger partial charge >= 0.3 is 5.97 Å². The molecule has 1 aromatic carbocycles. The van der Waals surface area contributed by atoms with Crippen molar-refractivity contribution in [1.82, 2.24) is 5.32 Å². The van der Waals surface area contributed by atoms with Crippen LogP contribution in [0.3, 0.4) is 0 Å². The van der Waals surface area contributed by atoms with E-state index >= 15 is 0 Å². The number of nitrogens with one attached hydrogen (secondary N) is 2. The fraction of sp³-hybridized carbons (Fsp3) is 0.467. The van der Waals surface area contributed by atoms with E-state index < -0.39 is 5.97 Å². The molecule has 3 N–H and O–H groups in total. The lowest BCUT2D eigenvalue weighted by molar-refractivity contribution is -0.137. The van der Waals surface area contributed by atoms with Crippen molar-refractivity contribution in [3.05, 3.63) is 29.8 Å². The lowest BCUT2D eigenvalue weighted by Gasteiger charge is -2.07. The van der Waals surface area contributed by atoms with E-state index in [-0.39, 0.29) is 12.3 Å². The summed E-state index contributed by atoms with van der Waals surface area (Å²) in [6.07, 6.45) is 3.17. The van der Waals surface area contributed by atoms with Gasteiger partial charge in [0.15, 0.2) is 0 Å². The summed E-state index contributed by atoms with van der Waals surface area (Å²) in [4.78, 5) is 22.1. The fourth-order valence-corrected chi connectivity index (χ4v) is 1.92. The highest BCUT2D eigenvalue weighted by molar-refractivity contribution is 5.92. The molecule has 0 aliphatic heterocycles.